The number of anilines is 4. The number of hydrogen-bond donors (Lipinski definition) is 0. The molecule has 0 unspecified atom stereocenters. The van der Waals surface area contributed by atoms with E-state index >= 15 is 0 Å². The second-order valence-electron chi connectivity index (χ2n) is 10.7. The molecule has 180 valence electrons. The van der Waals surface area contributed by atoms with Gasteiger partial charge in [0.2, 0.25) is 0 Å². The maximum absolute atomic E-state index is 4.63. The van der Waals surface area contributed by atoms with E-state index in [-0.39, 0.29) is 11.0 Å². The Morgan fingerprint density at radius 1 is 0.722 bits per heavy atom. The Balaban J connectivity index is 1.40. The van der Waals surface area contributed by atoms with Gasteiger partial charge in [-0.25, -0.2) is 0 Å². The molecule has 36 heavy (non-hydrogen) atoms. The van der Waals surface area contributed by atoms with Crippen molar-refractivity contribution in [3.05, 3.63) is 126 Å². The van der Waals surface area contributed by atoms with Crippen LogP contribution in [0.2, 0.25) is 0 Å². The molecule has 0 spiro atoms. The van der Waals surface area contributed by atoms with Gasteiger partial charge in [0.25, 0.3) is 0 Å². The summed E-state index contributed by atoms with van der Waals surface area (Å²) in [6, 6.07) is 32.5. The van der Waals surface area contributed by atoms with Crippen molar-refractivity contribution >= 4 is 22.7 Å². The van der Waals surface area contributed by atoms with Crippen molar-refractivity contribution in [2.45, 2.75) is 38.6 Å². The van der Waals surface area contributed by atoms with Crippen LogP contribution in [0.5, 0.6) is 0 Å². The Kier molecular flexibility index (Phi) is 5.15. The molecular formula is C32H32N4. The lowest BCUT2D eigenvalue weighted by molar-refractivity contribution is 0.196. The van der Waals surface area contributed by atoms with Gasteiger partial charge in [-0.1, -0.05) is 62.4 Å². The lowest BCUT2D eigenvalue weighted by Gasteiger charge is -2.42. The fraction of sp³-hybridized carbons (Fsp3) is 0.219. The fourth-order valence-corrected chi connectivity index (χ4v) is 5.56. The van der Waals surface area contributed by atoms with Gasteiger partial charge in [-0.15, -0.1) is 0 Å². The summed E-state index contributed by atoms with van der Waals surface area (Å²) in [4.78, 5) is 11.7. The second kappa shape index (κ2) is 8.27. The van der Waals surface area contributed by atoms with Gasteiger partial charge in [0.1, 0.15) is 0 Å². The van der Waals surface area contributed by atoms with E-state index in [0.29, 0.717) is 0 Å². The SMILES string of the molecule is CC1(C)c2ccccc2N(c2ccccc2)c2cc(N3C=CN(C(C)(C)c4ccccn4)C3)ccc21. The molecule has 0 amide bonds. The molecule has 6 rings (SSSR count). The highest BCUT2D eigenvalue weighted by Gasteiger charge is 2.37. The van der Waals surface area contributed by atoms with Crippen molar-refractivity contribution in [1.82, 2.24) is 9.88 Å². The summed E-state index contributed by atoms with van der Waals surface area (Å²) >= 11 is 0. The zero-order chi connectivity index (χ0) is 24.9. The van der Waals surface area contributed by atoms with E-state index in [1.165, 1.54) is 33.9 Å². The first-order valence-corrected chi connectivity index (χ1v) is 12.6. The molecule has 0 saturated carbocycles. The molecule has 3 aromatic carbocycles. The number of para-hydroxylation sites is 2. The van der Waals surface area contributed by atoms with Crippen LogP contribution in [0.25, 0.3) is 0 Å². The van der Waals surface area contributed by atoms with Crippen molar-refractivity contribution < 1.29 is 0 Å². The Morgan fingerprint density at radius 2 is 1.44 bits per heavy atom. The Morgan fingerprint density at radius 3 is 2.22 bits per heavy atom. The third-order valence-corrected chi connectivity index (χ3v) is 7.80. The van der Waals surface area contributed by atoms with Gasteiger partial charge in [0, 0.05) is 35.4 Å². The van der Waals surface area contributed by atoms with Crippen LogP contribution < -0.4 is 9.80 Å². The van der Waals surface area contributed by atoms with Gasteiger partial charge in [-0.3, -0.25) is 4.98 Å². The summed E-state index contributed by atoms with van der Waals surface area (Å²) in [5.74, 6) is 0. The number of hydrogen-bond acceptors (Lipinski definition) is 4. The van der Waals surface area contributed by atoms with E-state index < -0.39 is 0 Å². The molecule has 0 aliphatic carbocycles. The smallest absolute Gasteiger partial charge is 0.0950 e. The molecule has 3 heterocycles. The minimum Gasteiger partial charge on any atom is -0.348 e. The molecule has 4 heteroatoms. The van der Waals surface area contributed by atoms with E-state index in [1.54, 1.807) is 0 Å². The van der Waals surface area contributed by atoms with Crippen LogP contribution >= 0.6 is 0 Å². The fourth-order valence-electron chi connectivity index (χ4n) is 5.56. The maximum Gasteiger partial charge on any atom is 0.0950 e. The van der Waals surface area contributed by atoms with Crippen LogP contribution in [0.4, 0.5) is 22.7 Å². The minimum atomic E-state index is -0.211. The molecule has 4 nitrogen and oxygen atoms in total. The molecular weight excluding hydrogens is 440 g/mol. The topological polar surface area (TPSA) is 22.6 Å². The zero-order valence-electron chi connectivity index (χ0n) is 21.4. The predicted molar refractivity (Wildman–Crippen MR) is 149 cm³/mol. The average molecular weight is 473 g/mol. The van der Waals surface area contributed by atoms with E-state index in [1.807, 2.05) is 12.3 Å². The summed E-state index contributed by atoms with van der Waals surface area (Å²) < 4.78 is 0. The van der Waals surface area contributed by atoms with E-state index in [0.717, 1.165) is 12.4 Å². The monoisotopic (exact) mass is 472 g/mol. The first-order chi connectivity index (χ1) is 17.4. The predicted octanol–water partition coefficient (Wildman–Crippen LogP) is 7.68. The third kappa shape index (κ3) is 3.48. The van der Waals surface area contributed by atoms with Crippen molar-refractivity contribution in [2.75, 3.05) is 16.5 Å². The normalized spacial score (nSPS) is 16.2. The van der Waals surface area contributed by atoms with Crippen LogP contribution in [0.1, 0.15) is 44.5 Å². The summed E-state index contributed by atoms with van der Waals surface area (Å²) in [5, 5.41) is 0. The number of fused-ring (bicyclic) bond motifs is 2. The van der Waals surface area contributed by atoms with Gasteiger partial charge in [0.15, 0.2) is 0 Å². The molecule has 0 saturated heterocycles. The highest BCUT2D eigenvalue weighted by molar-refractivity contribution is 5.87. The molecule has 1 aromatic heterocycles. The van der Waals surface area contributed by atoms with E-state index in [4.69, 9.17) is 0 Å². The van der Waals surface area contributed by atoms with Gasteiger partial charge >= 0.3 is 0 Å². The molecule has 0 N–H and O–H groups in total. The summed E-state index contributed by atoms with van der Waals surface area (Å²) in [6.07, 6.45) is 6.24. The van der Waals surface area contributed by atoms with Crippen LogP contribution in [-0.4, -0.2) is 16.6 Å². The standard InChI is InChI=1S/C32H32N4/c1-31(2)26-14-8-9-15-28(26)36(24-12-6-5-7-13-24)29-22-25(17-18-27(29)31)34-20-21-35(23-34)32(3,4)30-16-10-11-19-33-30/h5-22H,23H2,1-4H3. The van der Waals surface area contributed by atoms with Crippen LogP contribution in [0.3, 0.4) is 0 Å². The van der Waals surface area contributed by atoms with E-state index in [9.17, 15) is 0 Å². The van der Waals surface area contributed by atoms with Gasteiger partial charge < -0.3 is 14.7 Å². The Labute approximate surface area is 214 Å². The molecule has 0 bridgehead atoms. The lowest BCUT2D eigenvalue weighted by Crippen LogP contribution is -2.40. The van der Waals surface area contributed by atoms with Crippen molar-refractivity contribution in [3.8, 4) is 0 Å². The second-order valence-corrected chi connectivity index (χ2v) is 10.7. The van der Waals surface area contributed by atoms with Crippen LogP contribution in [0, 0.1) is 0 Å². The van der Waals surface area contributed by atoms with Gasteiger partial charge in [-0.2, -0.15) is 0 Å². The third-order valence-electron chi connectivity index (χ3n) is 7.80. The van der Waals surface area contributed by atoms with Crippen molar-refractivity contribution in [1.29, 1.82) is 0 Å². The van der Waals surface area contributed by atoms with Crippen LogP contribution in [-0.2, 0) is 11.0 Å². The molecule has 0 fully saturated rings. The highest BCUT2D eigenvalue weighted by Crippen LogP contribution is 2.52. The summed E-state index contributed by atoms with van der Waals surface area (Å²) in [6.45, 7) is 9.89. The largest absolute Gasteiger partial charge is 0.348 e. The highest BCUT2D eigenvalue weighted by atomic mass is 15.4. The van der Waals surface area contributed by atoms with E-state index in [2.05, 4.69) is 145 Å². The number of pyridine rings is 1. The van der Waals surface area contributed by atoms with Gasteiger partial charge in [0.05, 0.1) is 29.3 Å². The number of rotatable bonds is 4. The molecule has 0 radical (unpaired) electrons. The molecule has 2 aliphatic rings. The maximum atomic E-state index is 4.63. The summed E-state index contributed by atoms with van der Waals surface area (Å²) in [5.41, 5.74) is 8.28. The minimum absolute atomic E-state index is 0.0937. The summed E-state index contributed by atoms with van der Waals surface area (Å²) in [7, 11) is 0. The number of nitrogens with zero attached hydrogens (tertiary/aromatic N) is 4. The first-order valence-electron chi connectivity index (χ1n) is 12.6. The number of aromatic nitrogens is 1. The van der Waals surface area contributed by atoms with Gasteiger partial charge in [-0.05, 0) is 67.4 Å². The van der Waals surface area contributed by atoms with Crippen LogP contribution in [0.15, 0.2) is 110 Å². The van der Waals surface area contributed by atoms with Crippen molar-refractivity contribution in [3.63, 3.8) is 0 Å². The first kappa shape index (κ1) is 22.4. The number of benzene rings is 3. The zero-order valence-corrected chi connectivity index (χ0v) is 21.4. The molecule has 0 atom stereocenters. The van der Waals surface area contributed by atoms with Crippen molar-refractivity contribution in [2.24, 2.45) is 0 Å². The quantitative estimate of drug-likeness (QED) is 0.304. The Hall–Kier alpha value is -4.05. The Bertz CT molecular complexity index is 1420. The molecule has 2 aliphatic heterocycles. The average Bonchev–Trinajstić information content (AvgIpc) is 3.41. The lowest BCUT2D eigenvalue weighted by atomic mass is 9.73. The molecule has 4 aromatic rings.